The quantitative estimate of drug-likeness (QED) is 0.500. The second-order valence-corrected chi connectivity index (χ2v) is 4.15. The molecule has 1 aliphatic carbocycles. The monoisotopic (exact) mass is 168 g/mol. The molecule has 0 unspecified atom stereocenters. The molecule has 2 nitrogen and oxygen atoms in total. The van der Waals surface area contributed by atoms with Crippen LogP contribution in [0.3, 0.4) is 0 Å². The van der Waals surface area contributed by atoms with Gasteiger partial charge in [0.15, 0.2) is 0 Å². The van der Waals surface area contributed by atoms with Crippen molar-refractivity contribution in [3.63, 3.8) is 0 Å². The van der Waals surface area contributed by atoms with Gasteiger partial charge in [-0.1, -0.05) is 12.2 Å². The summed E-state index contributed by atoms with van der Waals surface area (Å²) in [5.41, 5.74) is 1.13. The van der Waals surface area contributed by atoms with Gasteiger partial charge in [0.25, 0.3) is 0 Å². The standard InChI is InChI=1S/C10H16O2/c1-7(2)8-3-4-10(6-11)9(5-8)12-10/h8-9,11H,1,3-6H2,2H3/t8-,9-,10-/m0/s1. The Kier molecular flexibility index (Phi) is 1.77. The third kappa shape index (κ3) is 1.10. The third-order valence-electron chi connectivity index (χ3n) is 3.29. The Balaban J connectivity index is 1.96. The van der Waals surface area contributed by atoms with Gasteiger partial charge in [0.1, 0.15) is 5.60 Å². The number of fused-ring (bicyclic) bond motifs is 1. The highest BCUT2D eigenvalue weighted by Crippen LogP contribution is 2.50. The number of hydrogen-bond donors (Lipinski definition) is 1. The largest absolute Gasteiger partial charge is 0.393 e. The first-order valence-electron chi connectivity index (χ1n) is 4.62. The van der Waals surface area contributed by atoms with Crippen molar-refractivity contribution in [3.8, 4) is 0 Å². The van der Waals surface area contributed by atoms with E-state index in [1.807, 2.05) is 0 Å². The number of epoxide rings is 1. The third-order valence-corrected chi connectivity index (χ3v) is 3.29. The predicted molar refractivity (Wildman–Crippen MR) is 46.8 cm³/mol. The van der Waals surface area contributed by atoms with E-state index in [9.17, 15) is 0 Å². The van der Waals surface area contributed by atoms with Gasteiger partial charge in [-0.3, -0.25) is 0 Å². The molecular weight excluding hydrogens is 152 g/mol. The molecule has 1 heterocycles. The van der Waals surface area contributed by atoms with Crippen LogP contribution in [0.2, 0.25) is 0 Å². The second-order valence-electron chi connectivity index (χ2n) is 4.15. The Bertz CT molecular complexity index is 212. The van der Waals surface area contributed by atoms with Crippen LogP contribution in [-0.4, -0.2) is 23.4 Å². The van der Waals surface area contributed by atoms with Crippen molar-refractivity contribution in [1.82, 2.24) is 0 Å². The molecule has 1 saturated carbocycles. The molecule has 2 fully saturated rings. The lowest BCUT2D eigenvalue weighted by atomic mass is 9.79. The maximum absolute atomic E-state index is 9.07. The minimum Gasteiger partial charge on any atom is -0.393 e. The van der Waals surface area contributed by atoms with Crippen LogP contribution in [0.1, 0.15) is 26.2 Å². The molecule has 68 valence electrons. The summed E-state index contributed by atoms with van der Waals surface area (Å²) < 4.78 is 5.50. The van der Waals surface area contributed by atoms with Crippen molar-refractivity contribution in [1.29, 1.82) is 0 Å². The predicted octanol–water partition coefficient (Wildman–Crippen LogP) is 1.49. The van der Waals surface area contributed by atoms with Gasteiger partial charge in [-0.25, -0.2) is 0 Å². The topological polar surface area (TPSA) is 32.8 Å². The van der Waals surface area contributed by atoms with Gasteiger partial charge in [-0.2, -0.15) is 0 Å². The number of aliphatic hydroxyl groups is 1. The summed E-state index contributed by atoms with van der Waals surface area (Å²) in [4.78, 5) is 0. The zero-order valence-corrected chi connectivity index (χ0v) is 7.55. The Morgan fingerprint density at radius 3 is 3.00 bits per heavy atom. The fourth-order valence-electron chi connectivity index (χ4n) is 2.19. The van der Waals surface area contributed by atoms with E-state index in [-0.39, 0.29) is 12.2 Å². The summed E-state index contributed by atoms with van der Waals surface area (Å²) in [5, 5.41) is 9.07. The fraction of sp³-hybridized carbons (Fsp3) is 0.800. The van der Waals surface area contributed by atoms with Crippen LogP contribution < -0.4 is 0 Å². The van der Waals surface area contributed by atoms with Gasteiger partial charge in [-0.15, -0.1) is 0 Å². The summed E-state index contributed by atoms with van der Waals surface area (Å²) >= 11 is 0. The van der Waals surface area contributed by atoms with Crippen LogP contribution >= 0.6 is 0 Å². The molecule has 0 aromatic rings. The number of aliphatic hydroxyl groups excluding tert-OH is 1. The molecule has 1 saturated heterocycles. The van der Waals surface area contributed by atoms with Gasteiger partial charge in [0.05, 0.1) is 12.7 Å². The lowest BCUT2D eigenvalue weighted by Crippen LogP contribution is -2.27. The first kappa shape index (κ1) is 8.27. The van der Waals surface area contributed by atoms with E-state index in [1.54, 1.807) is 0 Å². The smallest absolute Gasteiger partial charge is 0.118 e. The van der Waals surface area contributed by atoms with Crippen LogP contribution in [0.15, 0.2) is 12.2 Å². The lowest BCUT2D eigenvalue weighted by Gasteiger charge is -2.23. The molecule has 1 N–H and O–H groups in total. The molecule has 0 spiro atoms. The van der Waals surface area contributed by atoms with Gasteiger partial charge >= 0.3 is 0 Å². The summed E-state index contributed by atoms with van der Waals surface area (Å²) in [6.07, 6.45) is 3.52. The van der Waals surface area contributed by atoms with Gasteiger partial charge in [-0.05, 0) is 32.1 Å². The first-order chi connectivity index (χ1) is 5.68. The van der Waals surface area contributed by atoms with Crippen LogP contribution in [0, 0.1) is 5.92 Å². The second kappa shape index (κ2) is 2.57. The molecule has 12 heavy (non-hydrogen) atoms. The Morgan fingerprint density at radius 1 is 1.75 bits per heavy atom. The number of allylic oxidation sites excluding steroid dienone is 1. The first-order valence-corrected chi connectivity index (χ1v) is 4.62. The summed E-state index contributed by atoms with van der Waals surface area (Å²) in [5.74, 6) is 0.622. The van der Waals surface area contributed by atoms with Crippen molar-refractivity contribution in [3.05, 3.63) is 12.2 Å². The average molecular weight is 168 g/mol. The van der Waals surface area contributed by atoms with Gasteiger partial charge in [0.2, 0.25) is 0 Å². The summed E-state index contributed by atoms with van der Waals surface area (Å²) in [7, 11) is 0. The molecule has 0 amide bonds. The summed E-state index contributed by atoms with van der Waals surface area (Å²) in [6.45, 7) is 6.24. The van der Waals surface area contributed by atoms with E-state index >= 15 is 0 Å². The van der Waals surface area contributed by atoms with Crippen LogP contribution in [0.25, 0.3) is 0 Å². The maximum Gasteiger partial charge on any atom is 0.118 e. The fourth-order valence-corrected chi connectivity index (χ4v) is 2.19. The Hall–Kier alpha value is -0.340. The van der Waals surface area contributed by atoms with Crippen LogP contribution in [0.5, 0.6) is 0 Å². The van der Waals surface area contributed by atoms with E-state index in [1.165, 1.54) is 5.57 Å². The SMILES string of the molecule is C=C(C)[C@H]1CC[C@@]2(CO)O[C@H]2C1. The minimum atomic E-state index is -0.133. The Morgan fingerprint density at radius 2 is 2.50 bits per heavy atom. The van der Waals surface area contributed by atoms with Crippen molar-refractivity contribution in [2.45, 2.75) is 37.9 Å². The van der Waals surface area contributed by atoms with Crippen molar-refractivity contribution in [2.75, 3.05) is 6.61 Å². The molecule has 0 aromatic carbocycles. The van der Waals surface area contributed by atoms with Crippen LogP contribution in [-0.2, 0) is 4.74 Å². The number of hydrogen-bond acceptors (Lipinski definition) is 2. The van der Waals surface area contributed by atoms with Crippen molar-refractivity contribution in [2.24, 2.45) is 5.92 Å². The van der Waals surface area contributed by atoms with Crippen molar-refractivity contribution >= 4 is 0 Å². The zero-order chi connectivity index (χ0) is 8.77. The van der Waals surface area contributed by atoms with Gasteiger partial charge < -0.3 is 9.84 Å². The summed E-state index contributed by atoms with van der Waals surface area (Å²) in [6, 6.07) is 0. The van der Waals surface area contributed by atoms with E-state index in [0.29, 0.717) is 12.0 Å². The van der Waals surface area contributed by atoms with E-state index < -0.39 is 0 Å². The van der Waals surface area contributed by atoms with Crippen LogP contribution in [0.4, 0.5) is 0 Å². The molecule has 2 heteroatoms. The number of ether oxygens (including phenoxy) is 1. The molecule has 2 aliphatic rings. The highest BCUT2D eigenvalue weighted by atomic mass is 16.6. The molecule has 2 rings (SSSR count). The maximum atomic E-state index is 9.07. The Labute approximate surface area is 73.2 Å². The highest BCUT2D eigenvalue weighted by Gasteiger charge is 2.58. The van der Waals surface area contributed by atoms with E-state index in [2.05, 4.69) is 13.5 Å². The molecule has 3 atom stereocenters. The van der Waals surface area contributed by atoms with E-state index in [4.69, 9.17) is 9.84 Å². The lowest BCUT2D eigenvalue weighted by molar-refractivity contribution is 0.160. The highest BCUT2D eigenvalue weighted by molar-refractivity contribution is 5.11. The molecule has 0 aromatic heterocycles. The minimum absolute atomic E-state index is 0.133. The molecule has 1 aliphatic heterocycles. The molecular formula is C10H16O2. The normalized spacial score (nSPS) is 45.2. The zero-order valence-electron chi connectivity index (χ0n) is 7.55. The van der Waals surface area contributed by atoms with Gasteiger partial charge in [0, 0.05) is 0 Å². The van der Waals surface area contributed by atoms with E-state index in [0.717, 1.165) is 19.3 Å². The average Bonchev–Trinajstić information content (AvgIpc) is 2.77. The van der Waals surface area contributed by atoms with Crippen molar-refractivity contribution < 1.29 is 9.84 Å². The number of rotatable bonds is 2. The molecule has 0 bridgehead atoms. The molecule has 0 radical (unpaired) electrons.